The van der Waals surface area contributed by atoms with E-state index in [9.17, 15) is 13.2 Å². The maximum Gasteiger partial charge on any atom is 0.223 e. The molecule has 0 aliphatic carbocycles. The van der Waals surface area contributed by atoms with Crippen molar-refractivity contribution in [3.8, 4) is 0 Å². The molecular weight excluding hydrogens is 288 g/mol. The zero-order valence-electron chi connectivity index (χ0n) is 10.3. The summed E-state index contributed by atoms with van der Waals surface area (Å²) < 4.78 is 22.1. The van der Waals surface area contributed by atoms with Crippen LogP contribution in [0, 0.1) is 5.92 Å². The van der Waals surface area contributed by atoms with Crippen LogP contribution in [0.3, 0.4) is 0 Å². The summed E-state index contributed by atoms with van der Waals surface area (Å²) in [5, 5.41) is 5.62. The molecule has 0 radical (unpaired) electrons. The number of likely N-dealkylation sites (tertiary alicyclic amines) is 1. The van der Waals surface area contributed by atoms with Gasteiger partial charge in [0.2, 0.25) is 15.9 Å². The van der Waals surface area contributed by atoms with Crippen LogP contribution in [0.15, 0.2) is 24.3 Å². The highest BCUT2D eigenvalue weighted by Gasteiger charge is 2.31. The SMILES string of the molecule is NS(=O)(=O)CC1CC(=O)N(Cc2cccc(Cl)c2)C1. The normalized spacial score (nSPS) is 20.0. The van der Waals surface area contributed by atoms with Crippen molar-refractivity contribution in [3.05, 3.63) is 34.9 Å². The van der Waals surface area contributed by atoms with E-state index in [4.69, 9.17) is 16.7 Å². The van der Waals surface area contributed by atoms with Crippen LogP contribution in [0.5, 0.6) is 0 Å². The quantitative estimate of drug-likeness (QED) is 0.900. The molecule has 0 bridgehead atoms. The molecule has 104 valence electrons. The smallest absolute Gasteiger partial charge is 0.223 e. The molecule has 1 aliphatic rings. The van der Waals surface area contributed by atoms with Gasteiger partial charge in [-0.3, -0.25) is 4.79 Å². The maximum absolute atomic E-state index is 11.8. The number of sulfonamides is 1. The molecule has 1 aliphatic heterocycles. The van der Waals surface area contributed by atoms with Gasteiger partial charge in [-0.2, -0.15) is 0 Å². The van der Waals surface area contributed by atoms with Crippen LogP contribution in [0.4, 0.5) is 0 Å². The van der Waals surface area contributed by atoms with Crippen LogP contribution in [0.1, 0.15) is 12.0 Å². The second-order valence-electron chi connectivity index (χ2n) is 4.80. The standard InChI is InChI=1S/C12H15ClN2O3S/c13-11-3-1-2-9(4-11)6-15-7-10(5-12(15)16)8-19(14,17)18/h1-4,10H,5-8H2,(H2,14,17,18). The van der Waals surface area contributed by atoms with Crippen LogP contribution in [0.2, 0.25) is 5.02 Å². The zero-order valence-corrected chi connectivity index (χ0v) is 11.8. The fourth-order valence-corrected chi connectivity index (χ4v) is 3.40. The number of halogens is 1. The van der Waals surface area contributed by atoms with E-state index in [-0.39, 0.29) is 24.0 Å². The number of carbonyl (C=O) groups excluding carboxylic acids is 1. The predicted octanol–water partition coefficient (Wildman–Crippen LogP) is 0.977. The summed E-state index contributed by atoms with van der Waals surface area (Å²) in [6.07, 6.45) is 0.233. The van der Waals surface area contributed by atoms with Gasteiger partial charge in [0.25, 0.3) is 0 Å². The summed E-state index contributed by atoms with van der Waals surface area (Å²) in [6.45, 7) is 0.863. The molecule has 1 heterocycles. The fraction of sp³-hybridized carbons (Fsp3) is 0.417. The van der Waals surface area contributed by atoms with Gasteiger partial charge in [-0.1, -0.05) is 23.7 Å². The predicted molar refractivity (Wildman–Crippen MR) is 73.0 cm³/mol. The Kier molecular flexibility index (Phi) is 4.13. The van der Waals surface area contributed by atoms with Gasteiger partial charge in [0.15, 0.2) is 0 Å². The van der Waals surface area contributed by atoms with E-state index < -0.39 is 10.0 Å². The Labute approximate surface area is 117 Å². The van der Waals surface area contributed by atoms with Gasteiger partial charge in [0.05, 0.1) is 5.75 Å². The van der Waals surface area contributed by atoms with Crippen molar-refractivity contribution in [2.24, 2.45) is 11.1 Å². The van der Waals surface area contributed by atoms with Crippen molar-refractivity contribution >= 4 is 27.5 Å². The molecule has 7 heteroatoms. The average molecular weight is 303 g/mol. The molecule has 1 fully saturated rings. The third kappa shape index (κ3) is 4.19. The molecule has 5 nitrogen and oxygen atoms in total. The topological polar surface area (TPSA) is 80.5 Å². The van der Waals surface area contributed by atoms with Crippen molar-refractivity contribution in [3.63, 3.8) is 0 Å². The second-order valence-corrected chi connectivity index (χ2v) is 6.90. The first-order valence-corrected chi connectivity index (χ1v) is 7.95. The van der Waals surface area contributed by atoms with Gasteiger partial charge in [-0.25, -0.2) is 13.6 Å². The van der Waals surface area contributed by atoms with E-state index in [0.29, 0.717) is 18.1 Å². The average Bonchev–Trinajstić information content (AvgIpc) is 2.56. The summed E-state index contributed by atoms with van der Waals surface area (Å²) in [4.78, 5) is 13.5. The summed E-state index contributed by atoms with van der Waals surface area (Å²) >= 11 is 5.88. The molecule has 0 saturated carbocycles. The molecule has 1 atom stereocenters. The minimum atomic E-state index is -3.53. The van der Waals surface area contributed by atoms with Gasteiger partial charge in [-0.15, -0.1) is 0 Å². The van der Waals surface area contributed by atoms with E-state index in [1.165, 1.54) is 0 Å². The van der Waals surface area contributed by atoms with Gasteiger partial charge in [-0.05, 0) is 17.7 Å². The van der Waals surface area contributed by atoms with Crippen LogP contribution in [-0.2, 0) is 21.4 Å². The Morgan fingerprint density at radius 2 is 2.16 bits per heavy atom. The molecule has 1 aromatic rings. The Balaban J connectivity index is 2.01. The number of amides is 1. The number of benzene rings is 1. The van der Waals surface area contributed by atoms with Crippen LogP contribution >= 0.6 is 11.6 Å². The van der Waals surface area contributed by atoms with Crippen molar-refractivity contribution < 1.29 is 13.2 Å². The van der Waals surface area contributed by atoms with Gasteiger partial charge >= 0.3 is 0 Å². The lowest BCUT2D eigenvalue weighted by Crippen LogP contribution is -2.27. The number of rotatable bonds is 4. The van der Waals surface area contributed by atoms with Gasteiger partial charge in [0.1, 0.15) is 0 Å². The second kappa shape index (κ2) is 5.48. The molecule has 1 amide bonds. The third-order valence-corrected chi connectivity index (χ3v) is 4.20. The number of primary sulfonamides is 1. The third-order valence-electron chi connectivity index (χ3n) is 3.03. The Morgan fingerprint density at radius 3 is 2.79 bits per heavy atom. The first-order chi connectivity index (χ1) is 8.83. The zero-order chi connectivity index (χ0) is 14.0. The molecule has 0 spiro atoms. The van der Waals surface area contributed by atoms with Crippen molar-refractivity contribution in [1.82, 2.24) is 4.90 Å². The number of carbonyl (C=O) groups is 1. The first-order valence-electron chi connectivity index (χ1n) is 5.86. The minimum absolute atomic E-state index is 0.0476. The summed E-state index contributed by atoms with van der Waals surface area (Å²) in [7, 11) is -3.53. The Bertz CT molecular complexity index is 588. The molecule has 1 unspecified atom stereocenters. The highest BCUT2D eigenvalue weighted by atomic mass is 35.5. The Hall–Kier alpha value is -1.11. The first kappa shape index (κ1) is 14.3. The van der Waals surface area contributed by atoms with E-state index in [2.05, 4.69) is 0 Å². The summed E-state index contributed by atoms with van der Waals surface area (Å²) in [5.41, 5.74) is 0.928. The summed E-state index contributed by atoms with van der Waals surface area (Å²) in [5.74, 6) is -0.416. The lowest BCUT2D eigenvalue weighted by molar-refractivity contribution is -0.128. The Morgan fingerprint density at radius 1 is 1.42 bits per heavy atom. The number of hydrogen-bond donors (Lipinski definition) is 1. The van der Waals surface area contributed by atoms with E-state index >= 15 is 0 Å². The molecule has 2 rings (SSSR count). The highest BCUT2D eigenvalue weighted by molar-refractivity contribution is 7.89. The molecule has 2 N–H and O–H groups in total. The number of nitrogens with two attached hydrogens (primary N) is 1. The molecule has 1 aromatic carbocycles. The monoisotopic (exact) mass is 302 g/mol. The minimum Gasteiger partial charge on any atom is -0.338 e. The lowest BCUT2D eigenvalue weighted by atomic mass is 10.1. The highest BCUT2D eigenvalue weighted by Crippen LogP contribution is 2.22. The number of nitrogens with zero attached hydrogens (tertiary/aromatic N) is 1. The maximum atomic E-state index is 11.8. The van der Waals surface area contributed by atoms with Gasteiger partial charge < -0.3 is 4.90 Å². The van der Waals surface area contributed by atoms with Crippen LogP contribution < -0.4 is 5.14 Å². The van der Waals surface area contributed by atoms with Crippen molar-refractivity contribution in [2.45, 2.75) is 13.0 Å². The fourth-order valence-electron chi connectivity index (χ4n) is 2.30. The van der Waals surface area contributed by atoms with Crippen molar-refractivity contribution in [1.29, 1.82) is 0 Å². The summed E-state index contributed by atoms with van der Waals surface area (Å²) in [6, 6.07) is 7.26. The van der Waals surface area contributed by atoms with Crippen LogP contribution in [-0.4, -0.2) is 31.5 Å². The van der Waals surface area contributed by atoms with E-state index in [1.54, 1.807) is 17.0 Å². The molecule has 1 saturated heterocycles. The van der Waals surface area contributed by atoms with E-state index in [1.807, 2.05) is 12.1 Å². The van der Waals surface area contributed by atoms with E-state index in [0.717, 1.165) is 5.56 Å². The van der Waals surface area contributed by atoms with Crippen LogP contribution in [0.25, 0.3) is 0 Å². The largest absolute Gasteiger partial charge is 0.338 e. The van der Waals surface area contributed by atoms with Gasteiger partial charge in [0, 0.05) is 30.5 Å². The van der Waals surface area contributed by atoms with Crippen molar-refractivity contribution in [2.75, 3.05) is 12.3 Å². The molecule has 0 aromatic heterocycles. The number of hydrogen-bond acceptors (Lipinski definition) is 3. The lowest BCUT2D eigenvalue weighted by Gasteiger charge is -2.16. The molecule has 19 heavy (non-hydrogen) atoms. The molecular formula is C12H15ClN2O3S.